The normalized spacial score (nSPS) is 11.2. The van der Waals surface area contributed by atoms with Gasteiger partial charge in [-0.25, -0.2) is 9.18 Å². The van der Waals surface area contributed by atoms with E-state index in [1.807, 2.05) is 6.07 Å². The third-order valence-corrected chi connectivity index (χ3v) is 3.56. The molecule has 4 rings (SSSR count). The summed E-state index contributed by atoms with van der Waals surface area (Å²) in [6, 6.07) is 12.8. The number of hydrogen-bond acceptors (Lipinski definition) is 4. The minimum atomic E-state index is -0.473. The minimum absolute atomic E-state index is 0.130. The van der Waals surface area contributed by atoms with Crippen LogP contribution in [0.15, 0.2) is 68.4 Å². The monoisotopic (exact) mass is 310 g/mol. The average molecular weight is 310 g/mol. The molecule has 0 unspecified atom stereocenters. The molecule has 0 saturated carbocycles. The van der Waals surface area contributed by atoms with E-state index in [1.54, 1.807) is 24.3 Å². The molecular formula is C18H11FO4. The second-order valence-electron chi connectivity index (χ2n) is 5.14. The third-order valence-electron chi connectivity index (χ3n) is 3.56. The fourth-order valence-corrected chi connectivity index (χ4v) is 2.52. The Morgan fingerprint density at radius 1 is 1.00 bits per heavy atom. The fourth-order valence-electron chi connectivity index (χ4n) is 2.52. The SMILES string of the molecule is O=c1ccc2cc3ccoc3c(OCc3cccc(F)c3)c2o1. The first-order chi connectivity index (χ1) is 11.2. The number of fused-ring (bicyclic) bond motifs is 2. The molecule has 0 bridgehead atoms. The van der Waals surface area contributed by atoms with Gasteiger partial charge in [-0.15, -0.1) is 0 Å². The van der Waals surface area contributed by atoms with Gasteiger partial charge in [-0.05, 0) is 35.9 Å². The number of furan rings is 1. The molecule has 0 aliphatic heterocycles. The molecule has 0 saturated heterocycles. The maximum absolute atomic E-state index is 13.3. The van der Waals surface area contributed by atoms with Crippen LogP contribution in [0.3, 0.4) is 0 Å². The van der Waals surface area contributed by atoms with Gasteiger partial charge in [0.25, 0.3) is 0 Å². The van der Waals surface area contributed by atoms with E-state index in [4.69, 9.17) is 13.6 Å². The van der Waals surface area contributed by atoms with Crippen LogP contribution in [-0.4, -0.2) is 0 Å². The summed E-state index contributed by atoms with van der Waals surface area (Å²) < 4.78 is 29.8. The van der Waals surface area contributed by atoms with Crippen molar-refractivity contribution < 1.29 is 18.0 Å². The largest absolute Gasteiger partial charge is 0.481 e. The molecule has 0 amide bonds. The summed E-state index contributed by atoms with van der Waals surface area (Å²) in [6.45, 7) is 0.130. The lowest BCUT2D eigenvalue weighted by Crippen LogP contribution is -2.00. The van der Waals surface area contributed by atoms with Crippen LogP contribution in [-0.2, 0) is 6.61 Å². The van der Waals surface area contributed by atoms with Crippen LogP contribution in [0, 0.1) is 5.82 Å². The zero-order valence-electron chi connectivity index (χ0n) is 11.9. The Morgan fingerprint density at radius 3 is 2.74 bits per heavy atom. The van der Waals surface area contributed by atoms with Gasteiger partial charge in [0.1, 0.15) is 12.4 Å². The highest BCUT2D eigenvalue weighted by molar-refractivity contribution is 5.99. The van der Waals surface area contributed by atoms with Gasteiger partial charge in [-0.1, -0.05) is 12.1 Å². The van der Waals surface area contributed by atoms with Crippen molar-refractivity contribution in [3.8, 4) is 5.75 Å². The lowest BCUT2D eigenvalue weighted by molar-refractivity contribution is 0.302. The van der Waals surface area contributed by atoms with Gasteiger partial charge < -0.3 is 13.6 Å². The molecule has 0 fully saturated rings. The Morgan fingerprint density at radius 2 is 1.87 bits per heavy atom. The summed E-state index contributed by atoms with van der Waals surface area (Å²) in [7, 11) is 0. The molecule has 4 nitrogen and oxygen atoms in total. The molecule has 23 heavy (non-hydrogen) atoms. The van der Waals surface area contributed by atoms with E-state index >= 15 is 0 Å². The van der Waals surface area contributed by atoms with Gasteiger partial charge in [0.05, 0.1) is 6.26 Å². The highest BCUT2D eigenvalue weighted by Crippen LogP contribution is 2.35. The van der Waals surface area contributed by atoms with Gasteiger partial charge in [0.2, 0.25) is 5.75 Å². The summed E-state index contributed by atoms with van der Waals surface area (Å²) in [5.74, 6) is 0.00292. The zero-order chi connectivity index (χ0) is 15.8. The van der Waals surface area contributed by atoms with Crippen LogP contribution in [0.25, 0.3) is 21.9 Å². The van der Waals surface area contributed by atoms with Gasteiger partial charge in [0.15, 0.2) is 11.2 Å². The standard InChI is InChI=1S/C18H11FO4/c19-14-3-1-2-11(8-14)10-22-18-16-13(6-7-21-16)9-12-4-5-15(20)23-17(12)18/h1-9H,10H2. The van der Waals surface area contributed by atoms with E-state index in [0.29, 0.717) is 22.5 Å². The summed E-state index contributed by atoms with van der Waals surface area (Å²) >= 11 is 0. The first kappa shape index (κ1) is 13.6. The highest BCUT2D eigenvalue weighted by atomic mass is 19.1. The Hall–Kier alpha value is -3.08. The predicted molar refractivity (Wildman–Crippen MR) is 83.0 cm³/mol. The molecule has 0 aliphatic rings. The van der Waals surface area contributed by atoms with E-state index < -0.39 is 5.63 Å². The maximum atomic E-state index is 13.3. The second-order valence-corrected chi connectivity index (χ2v) is 5.14. The summed E-state index contributed by atoms with van der Waals surface area (Å²) in [6.07, 6.45) is 1.54. The van der Waals surface area contributed by atoms with Crippen LogP contribution in [0.2, 0.25) is 0 Å². The lowest BCUT2D eigenvalue weighted by atomic mass is 10.1. The number of benzene rings is 2. The molecule has 2 heterocycles. The van der Waals surface area contributed by atoms with Crippen LogP contribution in [0.4, 0.5) is 4.39 Å². The minimum Gasteiger partial charge on any atom is -0.481 e. The number of ether oxygens (including phenoxy) is 1. The number of hydrogen-bond donors (Lipinski definition) is 0. The van der Waals surface area contributed by atoms with Crippen molar-refractivity contribution in [3.63, 3.8) is 0 Å². The number of rotatable bonds is 3. The van der Waals surface area contributed by atoms with Crippen LogP contribution in [0.1, 0.15) is 5.56 Å². The lowest BCUT2D eigenvalue weighted by Gasteiger charge is -2.09. The van der Waals surface area contributed by atoms with Crippen LogP contribution >= 0.6 is 0 Å². The molecule has 0 spiro atoms. The molecule has 2 aromatic carbocycles. The fraction of sp³-hybridized carbons (Fsp3) is 0.0556. The van der Waals surface area contributed by atoms with Crippen molar-refractivity contribution >= 4 is 21.9 Å². The zero-order valence-corrected chi connectivity index (χ0v) is 11.9. The van der Waals surface area contributed by atoms with Crippen molar-refractivity contribution in [1.29, 1.82) is 0 Å². The van der Waals surface area contributed by atoms with E-state index in [2.05, 4.69) is 0 Å². The Balaban J connectivity index is 1.84. The Bertz CT molecular complexity index is 1060. The quantitative estimate of drug-likeness (QED) is 0.531. The van der Waals surface area contributed by atoms with Gasteiger partial charge in [-0.3, -0.25) is 0 Å². The summed E-state index contributed by atoms with van der Waals surface area (Å²) in [5, 5.41) is 1.56. The van der Waals surface area contributed by atoms with Crippen molar-refractivity contribution in [2.75, 3.05) is 0 Å². The van der Waals surface area contributed by atoms with E-state index in [1.165, 1.54) is 24.5 Å². The highest BCUT2D eigenvalue weighted by Gasteiger charge is 2.15. The van der Waals surface area contributed by atoms with Crippen molar-refractivity contribution in [2.24, 2.45) is 0 Å². The van der Waals surface area contributed by atoms with E-state index in [-0.39, 0.29) is 12.4 Å². The van der Waals surface area contributed by atoms with Crippen molar-refractivity contribution in [1.82, 2.24) is 0 Å². The first-order valence-electron chi connectivity index (χ1n) is 7.02. The molecule has 4 aromatic rings. The van der Waals surface area contributed by atoms with E-state index in [0.717, 1.165) is 10.8 Å². The second kappa shape index (κ2) is 5.28. The summed E-state index contributed by atoms with van der Waals surface area (Å²) in [4.78, 5) is 11.5. The van der Waals surface area contributed by atoms with E-state index in [9.17, 15) is 9.18 Å². The Kier molecular flexibility index (Phi) is 3.12. The smallest absolute Gasteiger partial charge is 0.336 e. The van der Waals surface area contributed by atoms with Crippen LogP contribution in [0.5, 0.6) is 5.75 Å². The molecule has 0 radical (unpaired) electrons. The van der Waals surface area contributed by atoms with Crippen molar-refractivity contribution in [3.05, 3.63) is 76.6 Å². The molecule has 0 aliphatic carbocycles. The molecule has 2 aromatic heterocycles. The average Bonchev–Trinajstić information content (AvgIpc) is 3.00. The molecule has 114 valence electrons. The summed E-state index contributed by atoms with van der Waals surface area (Å²) in [5.41, 5.74) is 0.999. The van der Waals surface area contributed by atoms with Gasteiger partial charge in [0, 0.05) is 16.8 Å². The van der Waals surface area contributed by atoms with Crippen molar-refractivity contribution in [2.45, 2.75) is 6.61 Å². The number of halogens is 1. The Labute approximate surface area is 129 Å². The first-order valence-corrected chi connectivity index (χ1v) is 7.02. The van der Waals surface area contributed by atoms with Crippen LogP contribution < -0.4 is 10.4 Å². The maximum Gasteiger partial charge on any atom is 0.336 e. The van der Waals surface area contributed by atoms with Gasteiger partial charge in [-0.2, -0.15) is 0 Å². The predicted octanol–water partition coefficient (Wildman–Crippen LogP) is 4.26. The third kappa shape index (κ3) is 2.46. The molecule has 0 atom stereocenters. The molecular weight excluding hydrogens is 299 g/mol. The topological polar surface area (TPSA) is 52.6 Å². The molecule has 0 N–H and O–H groups in total. The molecule has 5 heteroatoms. The van der Waals surface area contributed by atoms with Gasteiger partial charge >= 0.3 is 5.63 Å².